The average molecular weight is 373 g/mol. The number of rotatable bonds is 2. The third kappa shape index (κ3) is 3.08. The summed E-state index contributed by atoms with van der Waals surface area (Å²) in [6.07, 6.45) is 1.56. The molecule has 21 heavy (non-hydrogen) atoms. The molecule has 2 heterocycles. The van der Waals surface area contributed by atoms with Gasteiger partial charge < -0.3 is 0 Å². The van der Waals surface area contributed by atoms with Crippen LogP contribution in [0.25, 0.3) is 16.7 Å². The fraction of sp³-hybridized carbons (Fsp3) is 0.0714. The first kappa shape index (κ1) is 14.5. The van der Waals surface area contributed by atoms with Crippen LogP contribution in [0.1, 0.15) is 0 Å². The minimum Gasteiger partial charge on any atom is -0.288 e. The Bertz CT molecular complexity index is 784. The molecule has 0 radical (unpaired) electrons. The van der Waals surface area contributed by atoms with E-state index in [4.69, 9.17) is 0 Å². The highest BCUT2D eigenvalue weighted by molar-refractivity contribution is 9.10. The van der Waals surface area contributed by atoms with E-state index in [-0.39, 0.29) is 16.8 Å². The summed E-state index contributed by atoms with van der Waals surface area (Å²) >= 11 is 3.21. The van der Waals surface area contributed by atoms with E-state index in [1.165, 1.54) is 10.6 Å². The van der Waals surface area contributed by atoms with Crippen molar-refractivity contribution in [2.45, 2.75) is 10.5 Å². The van der Waals surface area contributed by atoms with E-state index >= 15 is 0 Å². The summed E-state index contributed by atoms with van der Waals surface area (Å²) in [6, 6.07) is 12.0. The normalized spacial score (nSPS) is 12.0. The second-order valence-corrected chi connectivity index (χ2v) is 6.26. The van der Waals surface area contributed by atoms with Crippen molar-refractivity contribution in [2.24, 2.45) is 0 Å². The molecule has 0 aliphatic heterocycles. The molecule has 0 aliphatic rings. The largest absolute Gasteiger partial charge is 0.447 e. The quantitative estimate of drug-likeness (QED) is 0.560. The lowest BCUT2D eigenvalue weighted by molar-refractivity contribution is -0.0329. The Kier molecular flexibility index (Phi) is 3.71. The highest BCUT2D eigenvalue weighted by Gasteiger charge is 2.31. The predicted octanol–water partition coefficient (Wildman–Crippen LogP) is 5.40. The van der Waals surface area contributed by atoms with Crippen LogP contribution >= 0.6 is 27.7 Å². The zero-order valence-electron chi connectivity index (χ0n) is 10.4. The molecular formula is C14H8BrF3N2S. The van der Waals surface area contributed by atoms with E-state index in [0.29, 0.717) is 11.3 Å². The molecule has 3 aromatic rings. The fourth-order valence-corrected chi connectivity index (χ4v) is 3.12. The molecule has 0 aliphatic carbocycles. The molecule has 0 saturated carbocycles. The number of fused-ring (bicyclic) bond motifs is 1. The van der Waals surface area contributed by atoms with Crippen molar-refractivity contribution in [1.29, 1.82) is 0 Å². The summed E-state index contributed by atoms with van der Waals surface area (Å²) in [4.78, 5) is 4.16. The van der Waals surface area contributed by atoms with E-state index in [1.54, 1.807) is 42.6 Å². The van der Waals surface area contributed by atoms with Crippen molar-refractivity contribution in [1.82, 2.24) is 9.55 Å². The summed E-state index contributed by atoms with van der Waals surface area (Å²) in [5, 5.41) is 0.824. The molecule has 7 heteroatoms. The summed E-state index contributed by atoms with van der Waals surface area (Å²) in [5.74, 6) is 0.456. The van der Waals surface area contributed by atoms with E-state index in [0.717, 1.165) is 9.86 Å². The Balaban J connectivity index is 2.27. The second kappa shape index (κ2) is 5.38. The van der Waals surface area contributed by atoms with Crippen molar-refractivity contribution >= 4 is 38.6 Å². The maximum Gasteiger partial charge on any atom is 0.447 e. The van der Waals surface area contributed by atoms with Gasteiger partial charge in [0.1, 0.15) is 5.82 Å². The van der Waals surface area contributed by atoms with Crippen LogP contribution in [-0.2, 0) is 0 Å². The van der Waals surface area contributed by atoms with Crippen LogP contribution in [0.5, 0.6) is 0 Å². The predicted molar refractivity (Wildman–Crippen MR) is 80.7 cm³/mol. The van der Waals surface area contributed by atoms with Crippen LogP contribution < -0.4 is 0 Å². The highest BCUT2D eigenvalue weighted by Crippen LogP contribution is 2.40. The van der Waals surface area contributed by atoms with Gasteiger partial charge in [-0.3, -0.25) is 4.57 Å². The van der Waals surface area contributed by atoms with Crippen LogP contribution in [0.2, 0.25) is 0 Å². The first-order valence-electron chi connectivity index (χ1n) is 5.92. The number of hydrogen-bond donors (Lipinski definition) is 0. The summed E-state index contributed by atoms with van der Waals surface area (Å²) in [7, 11) is 0. The smallest absolute Gasteiger partial charge is 0.288 e. The number of hydrogen-bond acceptors (Lipinski definition) is 2. The monoisotopic (exact) mass is 372 g/mol. The van der Waals surface area contributed by atoms with Gasteiger partial charge in [-0.15, -0.1) is 0 Å². The number of aromatic nitrogens is 2. The molecule has 0 atom stereocenters. The van der Waals surface area contributed by atoms with E-state index in [1.807, 2.05) is 0 Å². The van der Waals surface area contributed by atoms with E-state index in [2.05, 4.69) is 20.9 Å². The third-order valence-electron chi connectivity index (χ3n) is 2.83. The lowest BCUT2D eigenvalue weighted by Gasteiger charge is -2.11. The summed E-state index contributed by atoms with van der Waals surface area (Å²) in [6.45, 7) is 0. The molecule has 2 aromatic heterocycles. The lowest BCUT2D eigenvalue weighted by Crippen LogP contribution is -2.04. The lowest BCUT2D eigenvalue weighted by atomic mass is 10.2. The molecule has 0 N–H and O–H groups in total. The van der Waals surface area contributed by atoms with Gasteiger partial charge in [0.05, 0.1) is 10.5 Å². The number of nitrogens with zero attached hydrogens (tertiary/aromatic N) is 2. The second-order valence-electron chi connectivity index (χ2n) is 4.26. The Morgan fingerprint density at radius 3 is 2.57 bits per heavy atom. The van der Waals surface area contributed by atoms with Crippen LogP contribution in [0.3, 0.4) is 0 Å². The summed E-state index contributed by atoms with van der Waals surface area (Å²) in [5.41, 5.74) is -3.67. The fourth-order valence-electron chi connectivity index (χ4n) is 2.06. The Morgan fingerprint density at radius 2 is 1.90 bits per heavy atom. The molecule has 0 saturated heterocycles. The Labute approximate surface area is 131 Å². The first-order chi connectivity index (χ1) is 9.94. The first-order valence-corrected chi connectivity index (χ1v) is 7.53. The molecule has 3 rings (SSSR count). The van der Waals surface area contributed by atoms with Gasteiger partial charge in [0, 0.05) is 27.8 Å². The van der Waals surface area contributed by atoms with Gasteiger partial charge in [0.15, 0.2) is 0 Å². The molecule has 0 spiro atoms. The van der Waals surface area contributed by atoms with Crippen LogP contribution in [0.15, 0.2) is 58.2 Å². The van der Waals surface area contributed by atoms with Crippen LogP contribution in [-0.4, -0.2) is 15.1 Å². The topological polar surface area (TPSA) is 17.8 Å². The van der Waals surface area contributed by atoms with Gasteiger partial charge in [-0.25, -0.2) is 4.98 Å². The van der Waals surface area contributed by atoms with Gasteiger partial charge >= 0.3 is 5.51 Å². The van der Waals surface area contributed by atoms with Crippen LogP contribution in [0, 0.1) is 0 Å². The SMILES string of the molecule is FC(F)(F)Sc1cc2ccc(Br)cc2n1-c1ccccn1. The van der Waals surface area contributed by atoms with Gasteiger partial charge in [-0.1, -0.05) is 28.1 Å². The number of pyridine rings is 1. The van der Waals surface area contributed by atoms with Crippen molar-refractivity contribution in [3.63, 3.8) is 0 Å². The number of alkyl halides is 3. The number of halogens is 4. The van der Waals surface area contributed by atoms with E-state index < -0.39 is 5.51 Å². The molecule has 0 unspecified atom stereocenters. The molecule has 0 fully saturated rings. The molecule has 1 aromatic carbocycles. The van der Waals surface area contributed by atoms with Crippen molar-refractivity contribution in [2.75, 3.05) is 0 Å². The number of thioether (sulfide) groups is 1. The van der Waals surface area contributed by atoms with Gasteiger partial charge in [0.2, 0.25) is 0 Å². The number of benzene rings is 1. The van der Waals surface area contributed by atoms with Crippen molar-refractivity contribution < 1.29 is 13.2 Å². The summed E-state index contributed by atoms with van der Waals surface area (Å²) < 4.78 is 40.6. The van der Waals surface area contributed by atoms with Crippen LogP contribution in [0.4, 0.5) is 13.2 Å². The van der Waals surface area contributed by atoms with Crippen molar-refractivity contribution in [3.8, 4) is 5.82 Å². The van der Waals surface area contributed by atoms with Crippen molar-refractivity contribution in [3.05, 3.63) is 53.1 Å². The zero-order chi connectivity index (χ0) is 15.0. The third-order valence-corrected chi connectivity index (χ3v) is 4.07. The van der Waals surface area contributed by atoms with Gasteiger partial charge in [-0.05, 0) is 30.3 Å². The molecule has 108 valence electrons. The highest BCUT2D eigenvalue weighted by atomic mass is 79.9. The Hall–Kier alpha value is -1.47. The molecular weight excluding hydrogens is 365 g/mol. The van der Waals surface area contributed by atoms with Gasteiger partial charge in [0.25, 0.3) is 0 Å². The zero-order valence-corrected chi connectivity index (χ0v) is 12.8. The van der Waals surface area contributed by atoms with Gasteiger partial charge in [-0.2, -0.15) is 13.2 Å². The molecule has 0 bridgehead atoms. The average Bonchev–Trinajstić information content (AvgIpc) is 2.74. The molecule has 2 nitrogen and oxygen atoms in total. The molecule has 0 amide bonds. The minimum atomic E-state index is -4.35. The van der Waals surface area contributed by atoms with E-state index in [9.17, 15) is 13.2 Å². The maximum absolute atomic E-state index is 12.8. The maximum atomic E-state index is 12.8. The standard InChI is InChI=1S/C14H8BrF3N2S/c15-10-5-4-9-7-13(21-14(16,17)18)20(11(9)8-10)12-3-1-2-6-19-12/h1-8H. The minimum absolute atomic E-state index is 0.0919. The Morgan fingerprint density at radius 1 is 1.10 bits per heavy atom.